The monoisotopic (exact) mass is 392 g/mol. The van der Waals surface area contributed by atoms with Gasteiger partial charge >= 0.3 is 5.97 Å². The standard InChI is InChI=1S/C19H20O5S2/c1-21-14-5-3-4-6-15(14)23-12-18(20)24-16-8-7-13(11-17(16)22-2)19-25-9-10-26-19/h3-8,11,19H,9-10,12H2,1-2H3. The van der Waals surface area contributed by atoms with Crippen LogP contribution < -0.4 is 18.9 Å². The molecule has 1 heterocycles. The van der Waals surface area contributed by atoms with Crippen LogP contribution >= 0.6 is 23.5 Å². The summed E-state index contributed by atoms with van der Waals surface area (Å²) in [5, 5.41) is 0. The van der Waals surface area contributed by atoms with Gasteiger partial charge in [0.2, 0.25) is 0 Å². The minimum atomic E-state index is -0.508. The minimum Gasteiger partial charge on any atom is -0.493 e. The summed E-state index contributed by atoms with van der Waals surface area (Å²) in [5.41, 5.74) is 1.17. The molecule has 0 aliphatic carbocycles. The van der Waals surface area contributed by atoms with Crippen LogP contribution in [0.1, 0.15) is 10.1 Å². The van der Waals surface area contributed by atoms with Crippen LogP contribution in [0.15, 0.2) is 42.5 Å². The lowest BCUT2D eigenvalue weighted by atomic mass is 10.2. The Kier molecular flexibility index (Phi) is 6.57. The van der Waals surface area contributed by atoms with Gasteiger partial charge < -0.3 is 18.9 Å². The van der Waals surface area contributed by atoms with Crippen molar-refractivity contribution in [2.45, 2.75) is 4.58 Å². The quantitative estimate of drug-likeness (QED) is 0.518. The number of para-hydroxylation sites is 2. The van der Waals surface area contributed by atoms with Gasteiger partial charge in [0.25, 0.3) is 0 Å². The van der Waals surface area contributed by atoms with E-state index in [4.69, 9.17) is 18.9 Å². The number of benzene rings is 2. The van der Waals surface area contributed by atoms with E-state index in [0.717, 1.165) is 11.5 Å². The SMILES string of the molecule is COc1ccccc1OCC(=O)Oc1ccc(C2SCCS2)cc1OC. The molecule has 1 aliphatic rings. The highest BCUT2D eigenvalue weighted by atomic mass is 32.2. The van der Waals surface area contributed by atoms with Crippen LogP contribution in [0.3, 0.4) is 0 Å². The topological polar surface area (TPSA) is 54.0 Å². The number of esters is 1. The first-order chi connectivity index (χ1) is 12.7. The van der Waals surface area contributed by atoms with Gasteiger partial charge in [0.15, 0.2) is 29.6 Å². The fourth-order valence-electron chi connectivity index (χ4n) is 2.49. The van der Waals surface area contributed by atoms with Crippen molar-refractivity contribution in [3.63, 3.8) is 0 Å². The minimum absolute atomic E-state index is 0.223. The van der Waals surface area contributed by atoms with Gasteiger partial charge in [0, 0.05) is 11.5 Å². The highest BCUT2D eigenvalue weighted by molar-refractivity contribution is 8.19. The third kappa shape index (κ3) is 4.59. The van der Waals surface area contributed by atoms with Crippen molar-refractivity contribution in [3.8, 4) is 23.0 Å². The number of carbonyl (C=O) groups is 1. The maximum absolute atomic E-state index is 12.1. The molecule has 0 unspecified atom stereocenters. The Labute approximate surface area is 161 Å². The van der Waals surface area contributed by atoms with Crippen molar-refractivity contribution in [3.05, 3.63) is 48.0 Å². The van der Waals surface area contributed by atoms with Crippen molar-refractivity contribution >= 4 is 29.5 Å². The molecule has 0 N–H and O–H groups in total. The summed E-state index contributed by atoms with van der Waals surface area (Å²) < 4.78 is 21.9. The highest BCUT2D eigenvalue weighted by Gasteiger charge is 2.20. The lowest BCUT2D eigenvalue weighted by Crippen LogP contribution is -2.18. The third-order valence-electron chi connectivity index (χ3n) is 3.72. The van der Waals surface area contributed by atoms with E-state index in [1.807, 2.05) is 47.8 Å². The first kappa shape index (κ1) is 18.8. The average molecular weight is 392 g/mol. The Bertz CT molecular complexity index is 759. The van der Waals surface area contributed by atoms with Crippen molar-refractivity contribution in [2.75, 3.05) is 32.3 Å². The molecule has 0 saturated carbocycles. The zero-order chi connectivity index (χ0) is 18.4. The van der Waals surface area contributed by atoms with E-state index in [0.29, 0.717) is 27.6 Å². The second kappa shape index (κ2) is 9.09. The maximum Gasteiger partial charge on any atom is 0.349 e. The van der Waals surface area contributed by atoms with E-state index in [9.17, 15) is 4.79 Å². The van der Waals surface area contributed by atoms with E-state index >= 15 is 0 Å². The highest BCUT2D eigenvalue weighted by Crippen LogP contribution is 2.46. The Hall–Kier alpha value is -1.99. The number of rotatable bonds is 7. The summed E-state index contributed by atoms with van der Waals surface area (Å²) in [6, 6.07) is 12.8. The first-order valence-corrected chi connectivity index (χ1v) is 10.2. The molecule has 0 radical (unpaired) electrons. The van der Waals surface area contributed by atoms with E-state index in [1.165, 1.54) is 5.56 Å². The first-order valence-electron chi connectivity index (χ1n) is 8.09. The largest absolute Gasteiger partial charge is 0.493 e. The van der Waals surface area contributed by atoms with Gasteiger partial charge in [-0.15, -0.1) is 23.5 Å². The average Bonchev–Trinajstić information content (AvgIpc) is 3.21. The molecule has 7 heteroatoms. The van der Waals surface area contributed by atoms with Crippen molar-refractivity contribution < 1.29 is 23.7 Å². The maximum atomic E-state index is 12.1. The van der Waals surface area contributed by atoms with Gasteiger partial charge in [-0.2, -0.15) is 0 Å². The zero-order valence-corrected chi connectivity index (χ0v) is 16.2. The third-order valence-corrected chi connectivity index (χ3v) is 6.82. The van der Waals surface area contributed by atoms with Crippen LogP contribution in [-0.2, 0) is 4.79 Å². The lowest BCUT2D eigenvalue weighted by Gasteiger charge is -2.14. The van der Waals surface area contributed by atoms with E-state index < -0.39 is 5.97 Å². The van der Waals surface area contributed by atoms with Crippen molar-refractivity contribution in [2.24, 2.45) is 0 Å². The van der Waals surface area contributed by atoms with Crippen LogP contribution in [0.5, 0.6) is 23.0 Å². The fourth-order valence-corrected chi connectivity index (χ4v) is 5.33. The molecule has 0 amide bonds. The Morgan fingerprint density at radius 3 is 2.35 bits per heavy atom. The fraction of sp³-hybridized carbons (Fsp3) is 0.316. The van der Waals surface area contributed by atoms with E-state index in [1.54, 1.807) is 32.4 Å². The molecule has 0 spiro atoms. The molecule has 1 aliphatic heterocycles. The Balaban J connectivity index is 1.63. The number of methoxy groups -OCH3 is 2. The molecule has 0 bridgehead atoms. The van der Waals surface area contributed by atoms with Crippen LogP contribution in [0, 0.1) is 0 Å². The van der Waals surface area contributed by atoms with Gasteiger partial charge in [0.1, 0.15) is 0 Å². The predicted octanol–water partition coefficient (Wildman–Crippen LogP) is 4.17. The molecule has 138 valence electrons. The van der Waals surface area contributed by atoms with Gasteiger partial charge in [-0.05, 0) is 29.8 Å². The molecule has 5 nitrogen and oxygen atoms in total. The van der Waals surface area contributed by atoms with Crippen molar-refractivity contribution in [1.82, 2.24) is 0 Å². The number of hydrogen-bond donors (Lipinski definition) is 0. The second-order valence-electron chi connectivity index (χ2n) is 5.40. The van der Waals surface area contributed by atoms with Crippen LogP contribution in [0.2, 0.25) is 0 Å². The number of ether oxygens (including phenoxy) is 4. The van der Waals surface area contributed by atoms with Gasteiger partial charge in [-0.3, -0.25) is 0 Å². The summed E-state index contributed by atoms with van der Waals surface area (Å²) in [7, 11) is 3.12. The summed E-state index contributed by atoms with van der Waals surface area (Å²) in [6.45, 7) is -0.223. The zero-order valence-electron chi connectivity index (χ0n) is 14.6. The number of hydrogen-bond acceptors (Lipinski definition) is 7. The van der Waals surface area contributed by atoms with Crippen LogP contribution in [-0.4, -0.2) is 38.3 Å². The molecule has 0 atom stereocenters. The van der Waals surface area contributed by atoms with Crippen LogP contribution in [0.4, 0.5) is 0 Å². The van der Waals surface area contributed by atoms with Crippen molar-refractivity contribution in [1.29, 1.82) is 0 Å². The number of thioether (sulfide) groups is 2. The molecular formula is C19H20O5S2. The summed E-state index contributed by atoms with van der Waals surface area (Å²) in [6.07, 6.45) is 0. The Morgan fingerprint density at radius 1 is 0.962 bits per heavy atom. The van der Waals surface area contributed by atoms with Gasteiger partial charge in [0.05, 0.1) is 18.8 Å². The van der Waals surface area contributed by atoms with Crippen LogP contribution in [0.25, 0.3) is 0 Å². The summed E-state index contributed by atoms with van der Waals surface area (Å²) in [4.78, 5) is 12.1. The van der Waals surface area contributed by atoms with Gasteiger partial charge in [-0.25, -0.2) is 4.79 Å². The smallest absolute Gasteiger partial charge is 0.349 e. The molecule has 0 aromatic heterocycles. The molecule has 3 rings (SSSR count). The Morgan fingerprint density at radius 2 is 1.65 bits per heavy atom. The lowest BCUT2D eigenvalue weighted by molar-refractivity contribution is -0.136. The molecule has 2 aromatic carbocycles. The molecule has 1 fully saturated rings. The second-order valence-corrected chi connectivity index (χ2v) is 8.12. The molecule has 1 saturated heterocycles. The van der Waals surface area contributed by atoms with E-state index in [2.05, 4.69) is 0 Å². The molecule has 2 aromatic rings. The summed E-state index contributed by atoms with van der Waals surface area (Å²) >= 11 is 3.82. The normalized spacial score (nSPS) is 14.1. The predicted molar refractivity (Wildman–Crippen MR) is 105 cm³/mol. The summed E-state index contributed by atoms with van der Waals surface area (Å²) in [5.74, 6) is 3.77. The molecule has 26 heavy (non-hydrogen) atoms. The number of carbonyl (C=O) groups excluding carboxylic acids is 1. The van der Waals surface area contributed by atoms with Gasteiger partial charge in [-0.1, -0.05) is 18.2 Å². The van der Waals surface area contributed by atoms with E-state index in [-0.39, 0.29) is 6.61 Å². The molecular weight excluding hydrogens is 372 g/mol.